The standard InChI is InChI=1S/C9H5Br2ClS2/c10-6-1-2-13-9(6)8(12)5-3-7(11)14-4-5/h1-4,8H. The second kappa shape index (κ2) is 4.66. The molecule has 14 heavy (non-hydrogen) atoms. The number of hydrogen-bond donors (Lipinski definition) is 0. The Bertz CT molecular complexity index is 435. The molecular weight excluding hydrogens is 367 g/mol. The van der Waals surface area contributed by atoms with Gasteiger partial charge in [0, 0.05) is 9.35 Å². The Morgan fingerprint density at radius 2 is 2.07 bits per heavy atom. The van der Waals surface area contributed by atoms with Gasteiger partial charge >= 0.3 is 0 Å². The van der Waals surface area contributed by atoms with Crippen LogP contribution in [0.15, 0.2) is 31.2 Å². The van der Waals surface area contributed by atoms with Crippen LogP contribution in [0.1, 0.15) is 15.8 Å². The Kier molecular flexibility index (Phi) is 3.71. The van der Waals surface area contributed by atoms with Gasteiger partial charge in [-0.05, 0) is 60.3 Å². The Balaban J connectivity index is 2.33. The van der Waals surface area contributed by atoms with Gasteiger partial charge in [0.1, 0.15) is 0 Å². The SMILES string of the molecule is ClC(c1csc(Br)c1)c1sccc1Br. The lowest BCUT2D eigenvalue weighted by molar-refractivity contribution is 1.19. The van der Waals surface area contributed by atoms with E-state index in [2.05, 4.69) is 43.3 Å². The van der Waals surface area contributed by atoms with Crippen molar-refractivity contribution in [3.05, 3.63) is 41.6 Å². The maximum Gasteiger partial charge on any atom is 0.0947 e. The predicted octanol–water partition coefficient (Wildman–Crippen LogP) is 5.66. The zero-order valence-electron chi connectivity index (χ0n) is 6.84. The van der Waals surface area contributed by atoms with Crippen molar-refractivity contribution in [3.8, 4) is 0 Å². The van der Waals surface area contributed by atoms with Gasteiger partial charge in [-0.25, -0.2) is 0 Å². The van der Waals surface area contributed by atoms with Gasteiger partial charge in [0.25, 0.3) is 0 Å². The summed E-state index contributed by atoms with van der Waals surface area (Å²) in [7, 11) is 0. The lowest BCUT2D eigenvalue weighted by Gasteiger charge is -2.05. The molecule has 0 aliphatic rings. The van der Waals surface area contributed by atoms with Crippen LogP contribution in [0, 0.1) is 0 Å². The molecule has 0 amide bonds. The monoisotopic (exact) mass is 370 g/mol. The molecule has 0 saturated carbocycles. The Morgan fingerprint density at radius 3 is 2.57 bits per heavy atom. The summed E-state index contributed by atoms with van der Waals surface area (Å²) in [5.41, 5.74) is 1.15. The molecule has 0 fully saturated rings. The van der Waals surface area contributed by atoms with E-state index in [1.165, 1.54) is 0 Å². The molecule has 2 aromatic rings. The molecule has 0 bridgehead atoms. The van der Waals surface area contributed by atoms with Gasteiger partial charge in [0.2, 0.25) is 0 Å². The second-order valence-corrected chi connectivity index (χ2v) is 7.21. The fourth-order valence-corrected chi connectivity index (χ4v) is 4.50. The maximum absolute atomic E-state index is 6.36. The first-order valence-electron chi connectivity index (χ1n) is 3.79. The molecule has 0 aromatic carbocycles. The number of alkyl halides is 1. The van der Waals surface area contributed by atoms with Crippen LogP contribution in [0.4, 0.5) is 0 Å². The summed E-state index contributed by atoms with van der Waals surface area (Å²) in [4.78, 5) is 1.16. The second-order valence-electron chi connectivity index (χ2n) is 2.68. The van der Waals surface area contributed by atoms with Gasteiger partial charge in [-0.1, -0.05) is 0 Å². The van der Waals surface area contributed by atoms with Gasteiger partial charge in [0.05, 0.1) is 9.16 Å². The third-order valence-corrected chi connectivity index (χ3v) is 5.81. The highest BCUT2D eigenvalue weighted by atomic mass is 79.9. The number of thiophene rings is 2. The molecule has 2 aromatic heterocycles. The first kappa shape index (κ1) is 11.1. The average Bonchev–Trinajstić information content (AvgIpc) is 2.73. The molecule has 0 aliphatic carbocycles. The third kappa shape index (κ3) is 2.25. The number of hydrogen-bond acceptors (Lipinski definition) is 2. The fourth-order valence-electron chi connectivity index (χ4n) is 1.09. The summed E-state index contributed by atoms with van der Waals surface area (Å²) in [5.74, 6) is 0. The van der Waals surface area contributed by atoms with E-state index in [1.807, 2.05) is 11.4 Å². The molecule has 2 rings (SSSR count). The predicted molar refractivity (Wildman–Crippen MR) is 71.7 cm³/mol. The van der Waals surface area contributed by atoms with Gasteiger partial charge in [-0.2, -0.15) is 0 Å². The zero-order valence-corrected chi connectivity index (χ0v) is 12.4. The highest BCUT2D eigenvalue weighted by Gasteiger charge is 2.16. The van der Waals surface area contributed by atoms with Gasteiger partial charge < -0.3 is 0 Å². The minimum atomic E-state index is -0.0491. The number of halogens is 3. The average molecular weight is 373 g/mol. The first-order valence-corrected chi connectivity index (χ1v) is 7.57. The minimum absolute atomic E-state index is 0.0491. The molecule has 0 spiro atoms. The van der Waals surface area contributed by atoms with Crippen molar-refractivity contribution < 1.29 is 0 Å². The molecule has 0 N–H and O–H groups in total. The smallest absolute Gasteiger partial charge is 0.0947 e. The molecule has 1 unspecified atom stereocenters. The largest absolute Gasteiger partial charge is 0.146 e. The molecule has 0 aliphatic heterocycles. The van der Waals surface area contributed by atoms with E-state index in [9.17, 15) is 0 Å². The van der Waals surface area contributed by atoms with E-state index in [0.29, 0.717) is 0 Å². The molecule has 0 radical (unpaired) electrons. The normalized spacial score (nSPS) is 13.1. The highest BCUT2D eigenvalue weighted by Crippen LogP contribution is 2.39. The van der Waals surface area contributed by atoms with Crippen molar-refractivity contribution in [1.82, 2.24) is 0 Å². The Hall–Kier alpha value is 0.650. The molecule has 1 atom stereocenters. The van der Waals surface area contributed by atoms with Crippen molar-refractivity contribution in [2.45, 2.75) is 5.38 Å². The van der Waals surface area contributed by atoms with E-state index < -0.39 is 0 Å². The maximum atomic E-state index is 6.36. The summed E-state index contributed by atoms with van der Waals surface area (Å²) in [5, 5.41) is 4.07. The molecule has 0 saturated heterocycles. The lowest BCUT2D eigenvalue weighted by Crippen LogP contribution is -1.87. The van der Waals surface area contributed by atoms with Crippen molar-refractivity contribution in [1.29, 1.82) is 0 Å². The molecule has 5 heteroatoms. The Labute approximate surface area is 112 Å². The van der Waals surface area contributed by atoms with Crippen LogP contribution in [0.5, 0.6) is 0 Å². The van der Waals surface area contributed by atoms with Crippen molar-refractivity contribution in [3.63, 3.8) is 0 Å². The first-order chi connectivity index (χ1) is 6.68. The molecule has 2 heterocycles. The Morgan fingerprint density at radius 1 is 1.29 bits per heavy atom. The fraction of sp³-hybridized carbons (Fsp3) is 0.111. The van der Waals surface area contributed by atoms with Crippen LogP contribution < -0.4 is 0 Å². The van der Waals surface area contributed by atoms with Crippen LogP contribution in [0.25, 0.3) is 0 Å². The number of rotatable bonds is 2. The van der Waals surface area contributed by atoms with Gasteiger partial charge in [-0.15, -0.1) is 34.3 Å². The topological polar surface area (TPSA) is 0 Å². The van der Waals surface area contributed by atoms with Gasteiger partial charge in [0.15, 0.2) is 0 Å². The van der Waals surface area contributed by atoms with Crippen LogP contribution in [0.3, 0.4) is 0 Å². The van der Waals surface area contributed by atoms with Crippen LogP contribution in [0.2, 0.25) is 0 Å². The summed E-state index contributed by atoms with van der Waals surface area (Å²) in [6.07, 6.45) is 0. The third-order valence-electron chi connectivity index (χ3n) is 1.76. The highest BCUT2D eigenvalue weighted by molar-refractivity contribution is 9.11. The van der Waals surface area contributed by atoms with E-state index in [0.717, 1.165) is 18.7 Å². The summed E-state index contributed by atoms with van der Waals surface area (Å²) < 4.78 is 2.20. The van der Waals surface area contributed by atoms with Crippen molar-refractivity contribution >= 4 is 66.1 Å². The summed E-state index contributed by atoms with van der Waals surface area (Å²) in [6, 6.07) is 4.09. The van der Waals surface area contributed by atoms with Crippen molar-refractivity contribution in [2.75, 3.05) is 0 Å². The lowest BCUT2D eigenvalue weighted by atomic mass is 10.2. The van der Waals surface area contributed by atoms with E-state index in [1.54, 1.807) is 22.7 Å². The van der Waals surface area contributed by atoms with E-state index in [-0.39, 0.29) is 5.38 Å². The summed E-state index contributed by atoms with van der Waals surface area (Å²) >= 11 is 16.6. The molecule has 74 valence electrons. The van der Waals surface area contributed by atoms with E-state index >= 15 is 0 Å². The molecular formula is C9H5Br2ClS2. The quantitative estimate of drug-likeness (QED) is 0.597. The van der Waals surface area contributed by atoms with Crippen LogP contribution >= 0.6 is 66.1 Å². The van der Waals surface area contributed by atoms with Crippen LogP contribution in [-0.2, 0) is 0 Å². The summed E-state index contributed by atoms with van der Waals surface area (Å²) in [6.45, 7) is 0. The minimum Gasteiger partial charge on any atom is -0.146 e. The van der Waals surface area contributed by atoms with Crippen molar-refractivity contribution in [2.24, 2.45) is 0 Å². The molecule has 0 nitrogen and oxygen atoms in total. The van der Waals surface area contributed by atoms with E-state index in [4.69, 9.17) is 11.6 Å². The zero-order chi connectivity index (χ0) is 10.1. The van der Waals surface area contributed by atoms with Gasteiger partial charge in [-0.3, -0.25) is 0 Å². The van der Waals surface area contributed by atoms with Crippen LogP contribution in [-0.4, -0.2) is 0 Å².